The number of nitrogens with zero attached hydrogens (tertiary/aromatic N) is 2. The molecule has 1 amide bonds. The molecule has 5 heteroatoms. The van der Waals surface area contributed by atoms with Crippen molar-refractivity contribution in [1.82, 2.24) is 0 Å². The zero-order valence-corrected chi connectivity index (χ0v) is 15.7. The maximum atomic E-state index is 12.8. The second kappa shape index (κ2) is 7.19. The van der Waals surface area contributed by atoms with Crippen LogP contribution in [-0.4, -0.2) is 16.8 Å². The summed E-state index contributed by atoms with van der Waals surface area (Å²) in [5.74, 6) is 1.15. The zero-order chi connectivity index (χ0) is 19.7. The van der Waals surface area contributed by atoms with Crippen molar-refractivity contribution in [2.75, 3.05) is 4.90 Å². The molecule has 0 spiro atoms. The number of rotatable bonds is 4. The molecule has 5 nitrogen and oxygen atoms in total. The number of amides is 1. The van der Waals surface area contributed by atoms with E-state index in [-0.39, 0.29) is 11.6 Å². The molecular formula is C23H20N2O3. The molecule has 3 aromatic rings. The van der Waals surface area contributed by atoms with Crippen molar-refractivity contribution >= 4 is 17.3 Å². The molecule has 0 aromatic heterocycles. The molecule has 0 unspecified atom stereocenters. The van der Waals surface area contributed by atoms with E-state index in [1.54, 1.807) is 4.90 Å². The lowest BCUT2D eigenvalue weighted by Crippen LogP contribution is -2.29. The normalized spacial score (nSPS) is 14.4. The van der Waals surface area contributed by atoms with Crippen molar-refractivity contribution in [2.45, 2.75) is 20.4 Å². The molecule has 3 aromatic carbocycles. The predicted molar refractivity (Wildman–Crippen MR) is 108 cm³/mol. The van der Waals surface area contributed by atoms with Gasteiger partial charge >= 0.3 is 0 Å². The quantitative estimate of drug-likeness (QED) is 0.527. The number of hydrogen-bond donors (Lipinski definition) is 1. The number of para-hydroxylation sites is 1. The monoisotopic (exact) mass is 372 g/mol. The third-order valence-electron chi connectivity index (χ3n) is 4.74. The van der Waals surface area contributed by atoms with E-state index in [0.717, 1.165) is 28.1 Å². The number of carbonyl (C=O) groups is 1. The first-order chi connectivity index (χ1) is 13.6. The highest BCUT2D eigenvalue weighted by molar-refractivity contribution is 6.54. The first-order valence-electron chi connectivity index (χ1n) is 9.04. The van der Waals surface area contributed by atoms with Crippen LogP contribution in [0.5, 0.6) is 11.5 Å². The summed E-state index contributed by atoms with van der Waals surface area (Å²) in [6.07, 6.45) is 0. The van der Waals surface area contributed by atoms with Crippen molar-refractivity contribution in [3.05, 3.63) is 89.0 Å². The maximum Gasteiger partial charge on any atom is 0.281 e. The minimum absolute atomic E-state index is 0.0819. The van der Waals surface area contributed by atoms with E-state index in [1.165, 1.54) is 0 Å². The van der Waals surface area contributed by atoms with Crippen molar-refractivity contribution in [1.29, 1.82) is 0 Å². The Balaban J connectivity index is 1.65. The number of aryl methyl sites for hydroxylation is 2. The molecule has 1 heterocycles. The Morgan fingerprint density at radius 2 is 1.71 bits per heavy atom. The molecule has 0 atom stereocenters. The van der Waals surface area contributed by atoms with Gasteiger partial charge in [0.1, 0.15) is 11.5 Å². The van der Waals surface area contributed by atoms with Crippen molar-refractivity contribution in [3.63, 3.8) is 0 Å². The molecule has 4 rings (SSSR count). The van der Waals surface area contributed by atoms with Gasteiger partial charge in [0, 0.05) is 5.56 Å². The molecule has 0 aliphatic carbocycles. The fourth-order valence-corrected chi connectivity index (χ4v) is 3.61. The second-order valence-electron chi connectivity index (χ2n) is 6.88. The van der Waals surface area contributed by atoms with Gasteiger partial charge in [-0.3, -0.25) is 4.79 Å². The Hall–Kier alpha value is -3.60. The Labute approximate surface area is 163 Å². The van der Waals surface area contributed by atoms with Crippen LogP contribution in [0.3, 0.4) is 0 Å². The van der Waals surface area contributed by atoms with Gasteiger partial charge in [0.15, 0.2) is 5.71 Å². The standard InChI is InChI=1S/C23H20N2O3/c1-15-11-16(2)22-20(12-15)21(24-27)23(26)25(22)14-17-7-6-10-19(13-17)28-18-8-4-3-5-9-18/h3-13,27H,14H2,1-2H3/b24-21-. The van der Waals surface area contributed by atoms with E-state index in [4.69, 9.17) is 4.74 Å². The first kappa shape index (κ1) is 17.8. The summed E-state index contributed by atoms with van der Waals surface area (Å²) in [5.41, 5.74) is 4.45. The van der Waals surface area contributed by atoms with Crippen LogP contribution in [0.2, 0.25) is 0 Å². The Kier molecular flexibility index (Phi) is 4.57. The highest BCUT2D eigenvalue weighted by Crippen LogP contribution is 2.35. The third kappa shape index (κ3) is 3.22. The summed E-state index contributed by atoms with van der Waals surface area (Å²) < 4.78 is 5.89. The Bertz CT molecular complexity index is 1070. The summed E-state index contributed by atoms with van der Waals surface area (Å²) >= 11 is 0. The van der Waals surface area contributed by atoms with Crippen LogP contribution in [0.25, 0.3) is 0 Å². The molecule has 140 valence electrons. The molecular weight excluding hydrogens is 352 g/mol. The van der Waals surface area contributed by atoms with Gasteiger partial charge in [0.2, 0.25) is 0 Å². The van der Waals surface area contributed by atoms with E-state index >= 15 is 0 Å². The number of ether oxygens (including phenoxy) is 1. The summed E-state index contributed by atoms with van der Waals surface area (Å²) in [6.45, 7) is 4.28. The lowest BCUT2D eigenvalue weighted by atomic mass is 10.0. The number of fused-ring (bicyclic) bond motifs is 1. The van der Waals surface area contributed by atoms with E-state index < -0.39 is 0 Å². The van der Waals surface area contributed by atoms with Gasteiger partial charge in [-0.05, 0) is 55.3 Å². The van der Waals surface area contributed by atoms with E-state index in [1.807, 2.05) is 80.6 Å². The number of carbonyl (C=O) groups excluding carboxylic acids is 1. The summed E-state index contributed by atoms with van der Waals surface area (Å²) in [6, 6.07) is 21.1. The van der Waals surface area contributed by atoms with Crippen LogP contribution < -0.4 is 9.64 Å². The minimum atomic E-state index is -0.305. The molecule has 0 saturated carbocycles. The highest BCUT2D eigenvalue weighted by Gasteiger charge is 2.36. The van der Waals surface area contributed by atoms with Crippen LogP contribution >= 0.6 is 0 Å². The van der Waals surface area contributed by atoms with Crippen LogP contribution in [0.1, 0.15) is 22.3 Å². The summed E-state index contributed by atoms with van der Waals surface area (Å²) in [4.78, 5) is 14.5. The van der Waals surface area contributed by atoms with E-state index in [9.17, 15) is 10.0 Å². The molecule has 0 radical (unpaired) electrons. The fourth-order valence-electron chi connectivity index (χ4n) is 3.61. The van der Waals surface area contributed by atoms with Crippen molar-refractivity contribution < 1.29 is 14.7 Å². The van der Waals surface area contributed by atoms with Crippen LogP contribution in [-0.2, 0) is 11.3 Å². The largest absolute Gasteiger partial charge is 0.457 e. The summed E-state index contributed by atoms with van der Waals surface area (Å²) in [5, 5.41) is 12.6. The van der Waals surface area contributed by atoms with Crippen molar-refractivity contribution in [2.24, 2.45) is 5.16 Å². The number of oxime groups is 1. The zero-order valence-electron chi connectivity index (χ0n) is 15.7. The molecule has 28 heavy (non-hydrogen) atoms. The molecule has 0 saturated heterocycles. The predicted octanol–water partition coefficient (Wildman–Crippen LogP) is 4.82. The van der Waals surface area contributed by atoms with Crippen LogP contribution in [0.4, 0.5) is 5.69 Å². The lowest BCUT2D eigenvalue weighted by molar-refractivity contribution is -0.112. The van der Waals surface area contributed by atoms with E-state index in [0.29, 0.717) is 17.9 Å². The second-order valence-corrected chi connectivity index (χ2v) is 6.88. The number of hydrogen-bond acceptors (Lipinski definition) is 4. The van der Waals surface area contributed by atoms with Gasteiger partial charge in [-0.1, -0.05) is 47.1 Å². The molecule has 0 fully saturated rings. The van der Waals surface area contributed by atoms with Gasteiger partial charge < -0.3 is 14.8 Å². The molecule has 1 aliphatic rings. The first-order valence-corrected chi connectivity index (χ1v) is 9.04. The van der Waals surface area contributed by atoms with Crippen LogP contribution in [0, 0.1) is 13.8 Å². The Morgan fingerprint density at radius 3 is 2.46 bits per heavy atom. The van der Waals surface area contributed by atoms with Gasteiger partial charge in [-0.25, -0.2) is 0 Å². The molecule has 0 bridgehead atoms. The van der Waals surface area contributed by atoms with Gasteiger partial charge in [0.05, 0.1) is 12.2 Å². The van der Waals surface area contributed by atoms with Crippen molar-refractivity contribution in [3.8, 4) is 11.5 Å². The van der Waals surface area contributed by atoms with Crippen LogP contribution in [0.15, 0.2) is 71.9 Å². The number of benzene rings is 3. The third-order valence-corrected chi connectivity index (χ3v) is 4.74. The Morgan fingerprint density at radius 1 is 0.964 bits per heavy atom. The molecule has 1 aliphatic heterocycles. The van der Waals surface area contributed by atoms with Gasteiger partial charge in [0.25, 0.3) is 5.91 Å². The number of anilines is 1. The van der Waals surface area contributed by atoms with Gasteiger partial charge in [-0.2, -0.15) is 0 Å². The average Bonchev–Trinajstić information content (AvgIpc) is 2.94. The topological polar surface area (TPSA) is 62.1 Å². The average molecular weight is 372 g/mol. The SMILES string of the molecule is Cc1cc(C)c2c(c1)/C(=N/O)C(=O)N2Cc1cccc(Oc2ccccc2)c1. The highest BCUT2D eigenvalue weighted by atomic mass is 16.5. The van der Waals surface area contributed by atoms with Gasteiger partial charge in [-0.15, -0.1) is 0 Å². The lowest BCUT2D eigenvalue weighted by Gasteiger charge is -2.19. The fraction of sp³-hybridized carbons (Fsp3) is 0.130. The smallest absolute Gasteiger partial charge is 0.281 e. The molecule has 1 N–H and O–H groups in total. The summed E-state index contributed by atoms with van der Waals surface area (Å²) in [7, 11) is 0. The minimum Gasteiger partial charge on any atom is -0.457 e. The van der Waals surface area contributed by atoms with E-state index in [2.05, 4.69) is 5.16 Å². The maximum absolute atomic E-state index is 12.8.